The molecule has 3 rings (SSSR count). The third kappa shape index (κ3) is 3.64. The van der Waals surface area contributed by atoms with Gasteiger partial charge in [-0.25, -0.2) is 0 Å². The van der Waals surface area contributed by atoms with Gasteiger partial charge in [-0.1, -0.05) is 6.07 Å². The molecule has 2 N–H and O–H groups in total. The maximum atomic E-state index is 5.51. The van der Waals surface area contributed by atoms with Gasteiger partial charge in [-0.15, -0.1) is 0 Å². The number of benzene rings is 1. The Balaban J connectivity index is 1.76. The molecule has 0 saturated carbocycles. The Labute approximate surface area is 131 Å². The first-order chi connectivity index (χ1) is 10.9. The Hall–Kier alpha value is -1.91. The fourth-order valence-corrected chi connectivity index (χ4v) is 2.92. The lowest BCUT2D eigenvalue weighted by Crippen LogP contribution is -2.42. The molecule has 0 amide bonds. The first kappa shape index (κ1) is 15.0. The van der Waals surface area contributed by atoms with Gasteiger partial charge in [0.1, 0.15) is 5.75 Å². The molecule has 1 saturated heterocycles. The maximum Gasteiger partial charge on any atom is 0.123 e. The molecule has 22 heavy (non-hydrogen) atoms. The summed E-state index contributed by atoms with van der Waals surface area (Å²) >= 11 is 0. The van der Waals surface area contributed by atoms with Gasteiger partial charge in [-0.3, -0.25) is 4.98 Å². The summed E-state index contributed by atoms with van der Waals surface area (Å²) in [7, 11) is 1.73. The lowest BCUT2D eigenvalue weighted by Gasteiger charge is -2.24. The fourth-order valence-electron chi connectivity index (χ4n) is 2.92. The largest absolute Gasteiger partial charge is 0.496 e. The average molecular weight is 297 g/mol. The van der Waals surface area contributed by atoms with Crippen LogP contribution in [0.1, 0.15) is 18.4 Å². The topological polar surface area (TPSA) is 46.2 Å². The lowest BCUT2D eigenvalue weighted by molar-refractivity contribution is 0.378. The molecule has 4 heteroatoms. The van der Waals surface area contributed by atoms with Gasteiger partial charge in [0.05, 0.1) is 7.11 Å². The van der Waals surface area contributed by atoms with Gasteiger partial charge in [0.15, 0.2) is 0 Å². The molecule has 1 atom stereocenters. The molecule has 0 unspecified atom stereocenters. The summed E-state index contributed by atoms with van der Waals surface area (Å²) in [6, 6.07) is 11.0. The van der Waals surface area contributed by atoms with Crippen molar-refractivity contribution in [3.63, 3.8) is 0 Å². The van der Waals surface area contributed by atoms with Gasteiger partial charge < -0.3 is 15.4 Å². The number of methoxy groups -OCH3 is 1. The van der Waals surface area contributed by atoms with Crippen LogP contribution in [0.5, 0.6) is 5.75 Å². The molecule has 2 heterocycles. The van der Waals surface area contributed by atoms with Crippen molar-refractivity contribution in [2.45, 2.75) is 25.4 Å². The first-order valence-electron chi connectivity index (χ1n) is 7.88. The number of rotatable bonds is 5. The van der Waals surface area contributed by atoms with Crippen molar-refractivity contribution < 1.29 is 4.74 Å². The van der Waals surface area contributed by atoms with Crippen molar-refractivity contribution in [2.24, 2.45) is 0 Å². The molecule has 1 aliphatic heterocycles. The molecular weight excluding hydrogens is 274 g/mol. The molecule has 0 bridgehead atoms. The molecule has 1 aliphatic rings. The van der Waals surface area contributed by atoms with Crippen LogP contribution in [0.15, 0.2) is 42.7 Å². The predicted molar refractivity (Wildman–Crippen MR) is 89.0 cm³/mol. The van der Waals surface area contributed by atoms with Crippen LogP contribution in [-0.4, -0.2) is 31.2 Å². The average Bonchev–Trinajstić information content (AvgIpc) is 2.61. The molecule has 0 aliphatic carbocycles. The smallest absolute Gasteiger partial charge is 0.123 e. The zero-order chi connectivity index (χ0) is 15.2. The van der Waals surface area contributed by atoms with E-state index in [2.05, 4.69) is 27.8 Å². The number of hydrogen-bond donors (Lipinski definition) is 2. The Morgan fingerprint density at radius 2 is 2.09 bits per heavy atom. The number of aromatic nitrogens is 1. The van der Waals surface area contributed by atoms with Crippen LogP contribution in [0.2, 0.25) is 0 Å². The molecule has 0 radical (unpaired) electrons. The van der Waals surface area contributed by atoms with Crippen LogP contribution in [0.4, 0.5) is 0 Å². The molecule has 1 aromatic heterocycles. The van der Waals surface area contributed by atoms with E-state index < -0.39 is 0 Å². The van der Waals surface area contributed by atoms with Gasteiger partial charge >= 0.3 is 0 Å². The Bertz CT molecular complexity index is 595. The number of nitrogens with one attached hydrogen (secondary N) is 2. The lowest BCUT2D eigenvalue weighted by atomic mass is 10.0. The monoisotopic (exact) mass is 297 g/mol. The summed E-state index contributed by atoms with van der Waals surface area (Å²) < 4.78 is 5.51. The van der Waals surface area contributed by atoms with Gasteiger partial charge in [0.2, 0.25) is 0 Å². The van der Waals surface area contributed by atoms with Crippen molar-refractivity contribution in [1.29, 1.82) is 0 Å². The molecule has 116 valence electrons. The van der Waals surface area contributed by atoms with E-state index in [1.807, 2.05) is 30.6 Å². The highest BCUT2D eigenvalue weighted by Crippen LogP contribution is 2.26. The minimum Gasteiger partial charge on any atom is -0.496 e. The highest BCUT2D eigenvalue weighted by atomic mass is 16.5. The van der Waals surface area contributed by atoms with Crippen molar-refractivity contribution in [3.8, 4) is 16.9 Å². The van der Waals surface area contributed by atoms with Crippen LogP contribution in [0, 0.1) is 0 Å². The molecule has 4 nitrogen and oxygen atoms in total. The van der Waals surface area contributed by atoms with Gasteiger partial charge in [-0.2, -0.15) is 0 Å². The quantitative estimate of drug-likeness (QED) is 0.890. The normalized spacial score (nSPS) is 18.1. The van der Waals surface area contributed by atoms with E-state index in [0.29, 0.717) is 6.04 Å². The first-order valence-corrected chi connectivity index (χ1v) is 7.88. The van der Waals surface area contributed by atoms with Gasteiger partial charge in [0.25, 0.3) is 0 Å². The van der Waals surface area contributed by atoms with E-state index in [1.165, 1.54) is 29.5 Å². The summed E-state index contributed by atoms with van der Waals surface area (Å²) in [4.78, 5) is 4.08. The van der Waals surface area contributed by atoms with E-state index >= 15 is 0 Å². The third-order valence-electron chi connectivity index (χ3n) is 4.17. The molecule has 1 aromatic carbocycles. The minimum atomic E-state index is 0.544. The zero-order valence-corrected chi connectivity index (χ0v) is 13.0. The summed E-state index contributed by atoms with van der Waals surface area (Å²) in [5.74, 6) is 0.939. The number of nitrogens with zero attached hydrogens (tertiary/aromatic N) is 1. The van der Waals surface area contributed by atoms with Crippen molar-refractivity contribution in [1.82, 2.24) is 15.6 Å². The van der Waals surface area contributed by atoms with Crippen LogP contribution in [0.25, 0.3) is 11.1 Å². The van der Waals surface area contributed by atoms with Crippen LogP contribution in [0.3, 0.4) is 0 Å². The second-order valence-electron chi connectivity index (χ2n) is 5.69. The molecule has 1 fully saturated rings. The highest BCUT2D eigenvalue weighted by molar-refractivity contribution is 5.65. The van der Waals surface area contributed by atoms with E-state index in [1.54, 1.807) is 7.11 Å². The Morgan fingerprint density at radius 3 is 2.82 bits per heavy atom. The van der Waals surface area contributed by atoms with Gasteiger partial charge in [-0.05, 0) is 54.8 Å². The molecule has 0 spiro atoms. The summed E-state index contributed by atoms with van der Waals surface area (Å²) in [5, 5.41) is 7.07. The predicted octanol–water partition coefficient (Wildman–Crippen LogP) is 2.60. The Morgan fingerprint density at radius 1 is 1.23 bits per heavy atom. The molecule has 2 aromatic rings. The number of pyridine rings is 1. The van der Waals surface area contributed by atoms with E-state index in [-0.39, 0.29) is 0 Å². The highest BCUT2D eigenvalue weighted by Gasteiger charge is 2.13. The van der Waals surface area contributed by atoms with Gasteiger partial charge in [0, 0.05) is 37.1 Å². The number of piperidine rings is 1. The Kier molecular flexibility index (Phi) is 5.03. The minimum absolute atomic E-state index is 0.544. The van der Waals surface area contributed by atoms with Crippen LogP contribution < -0.4 is 15.4 Å². The SMILES string of the molecule is COc1ccc(-c2ccncc2)cc1CN[C@H]1CCCNC1. The zero-order valence-electron chi connectivity index (χ0n) is 13.0. The maximum absolute atomic E-state index is 5.51. The van der Waals surface area contributed by atoms with E-state index in [9.17, 15) is 0 Å². The summed E-state index contributed by atoms with van der Waals surface area (Å²) in [6.45, 7) is 3.01. The van der Waals surface area contributed by atoms with Crippen molar-refractivity contribution in [2.75, 3.05) is 20.2 Å². The summed E-state index contributed by atoms with van der Waals surface area (Å²) in [6.07, 6.45) is 6.13. The standard InChI is InChI=1S/C18H23N3O/c1-22-18-5-4-15(14-6-9-19-10-7-14)11-16(18)12-21-17-3-2-8-20-13-17/h4-7,9-11,17,20-21H,2-3,8,12-13H2,1H3/t17-/m0/s1. The van der Waals surface area contributed by atoms with Crippen LogP contribution in [-0.2, 0) is 6.54 Å². The summed E-state index contributed by atoms with van der Waals surface area (Å²) in [5.41, 5.74) is 3.57. The number of ether oxygens (including phenoxy) is 1. The second kappa shape index (κ2) is 7.38. The van der Waals surface area contributed by atoms with E-state index in [4.69, 9.17) is 4.74 Å². The number of hydrogen-bond acceptors (Lipinski definition) is 4. The third-order valence-corrected chi connectivity index (χ3v) is 4.17. The van der Waals surface area contributed by atoms with Crippen molar-refractivity contribution >= 4 is 0 Å². The van der Waals surface area contributed by atoms with Crippen molar-refractivity contribution in [3.05, 3.63) is 48.3 Å². The second-order valence-corrected chi connectivity index (χ2v) is 5.69. The van der Waals surface area contributed by atoms with E-state index in [0.717, 1.165) is 25.4 Å². The molecular formula is C18H23N3O. The van der Waals surface area contributed by atoms with Crippen LogP contribution >= 0.6 is 0 Å². The fraction of sp³-hybridized carbons (Fsp3) is 0.389.